The number of anilines is 2. The second kappa shape index (κ2) is 9.28. The number of para-hydroxylation sites is 1. The largest absolute Gasteiger partial charge is 0.367 e. The molecule has 3 aromatic rings. The molecule has 9 heteroatoms. The molecule has 31 heavy (non-hydrogen) atoms. The molecule has 0 spiro atoms. The van der Waals surface area contributed by atoms with Gasteiger partial charge in [-0.05, 0) is 37.4 Å². The molecule has 1 aliphatic rings. The third kappa shape index (κ3) is 4.27. The van der Waals surface area contributed by atoms with E-state index < -0.39 is 0 Å². The third-order valence-electron chi connectivity index (χ3n) is 5.71. The summed E-state index contributed by atoms with van der Waals surface area (Å²) in [7, 11) is 0. The highest BCUT2D eigenvalue weighted by atomic mass is 35.5. The van der Waals surface area contributed by atoms with Crippen molar-refractivity contribution in [1.29, 1.82) is 0 Å². The number of amides is 1. The average Bonchev–Trinajstić information content (AvgIpc) is 3.26. The van der Waals surface area contributed by atoms with Crippen LogP contribution in [0.4, 0.5) is 11.6 Å². The zero-order valence-electron chi connectivity index (χ0n) is 17.8. The predicted molar refractivity (Wildman–Crippen MR) is 128 cm³/mol. The van der Waals surface area contributed by atoms with Crippen molar-refractivity contribution in [1.82, 2.24) is 14.5 Å². The van der Waals surface area contributed by atoms with Crippen LogP contribution in [0.5, 0.6) is 0 Å². The van der Waals surface area contributed by atoms with Gasteiger partial charge < -0.3 is 14.7 Å². The minimum Gasteiger partial charge on any atom is -0.367 e. The number of halogens is 1. The van der Waals surface area contributed by atoms with Crippen molar-refractivity contribution in [2.24, 2.45) is 0 Å². The van der Waals surface area contributed by atoms with Crippen LogP contribution in [0.2, 0.25) is 5.02 Å². The van der Waals surface area contributed by atoms with Crippen molar-refractivity contribution in [3.8, 4) is 0 Å². The summed E-state index contributed by atoms with van der Waals surface area (Å²) < 4.78 is 2.13. The van der Waals surface area contributed by atoms with Gasteiger partial charge in [-0.1, -0.05) is 23.7 Å². The van der Waals surface area contributed by atoms with Gasteiger partial charge in [0.25, 0.3) is 5.56 Å². The van der Waals surface area contributed by atoms with Crippen molar-refractivity contribution in [3.63, 3.8) is 0 Å². The SMILES string of the molecule is CCN(CC)c1nc2ccsc2c(=O)n1CC(=O)N1CCN(c2ccccc2Cl)CC1. The van der Waals surface area contributed by atoms with Crippen molar-refractivity contribution >= 4 is 50.7 Å². The number of thiophene rings is 1. The van der Waals surface area contributed by atoms with Crippen molar-refractivity contribution < 1.29 is 4.79 Å². The number of rotatable bonds is 6. The Balaban J connectivity index is 1.54. The van der Waals surface area contributed by atoms with Crippen LogP contribution in [0.15, 0.2) is 40.5 Å². The van der Waals surface area contributed by atoms with E-state index in [4.69, 9.17) is 16.6 Å². The van der Waals surface area contributed by atoms with E-state index in [1.54, 1.807) is 0 Å². The van der Waals surface area contributed by atoms with Gasteiger partial charge in [0.15, 0.2) is 0 Å². The molecule has 1 saturated heterocycles. The summed E-state index contributed by atoms with van der Waals surface area (Å²) in [4.78, 5) is 37.0. The summed E-state index contributed by atoms with van der Waals surface area (Å²) in [5.41, 5.74) is 1.53. The monoisotopic (exact) mass is 459 g/mol. The number of carbonyl (C=O) groups is 1. The first kappa shape index (κ1) is 21.6. The van der Waals surface area contributed by atoms with Crippen LogP contribution in [0.1, 0.15) is 13.8 Å². The van der Waals surface area contributed by atoms with Gasteiger partial charge in [-0.2, -0.15) is 0 Å². The van der Waals surface area contributed by atoms with E-state index >= 15 is 0 Å². The van der Waals surface area contributed by atoms with Gasteiger partial charge >= 0.3 is 0 Å². The van der Waals surface area contributed by atoms with Crippen LogP contribution in [-0.4, -0.2) is 59.6 Å². The lowest BCUT2D eigenvalue weighted by molar-refractivity contribution is -0.132. The number of piperazine rings is 1. The van der Waals surface area contributed by atoms with Gasteiger partial charge in [-0.15, -0.1) is 11.3 Å². The molecule has 0 saturated carbocycles. The third-order valence-corrected chi connectivity index (χ3v) is 6.92. The molecule has 7 nitrogen and oxygen atoms in total. The first-order valence-corrected chi connectivity index (χ1v) is 11.8. The highest BCUT2D eigenvalue weighted by Gasteiger charge is 2.25. The fourth-order valence-electron chi connectivity index (χ4n) is 3.96. The lowest BCUT2D eigenvalue weighted by Crippen LogP contribution is -2.50. The fourth-order valence-corrected chi connectivity index (χ4v) is 5.00. The summed E-state index contributed by atoms with van der Waals surface area (Å²) >= 11 is 7.69. The van der Waals surface area contributed by atoms with Gasteiger partial charge in [0, 0.05) is 39.3 Å². The Morgan fingerprint density at radius 3 is 2.52 bits per heavy atom. The molecular formula is C22H26ClN5O2S. The first-order chi connectivity index (χ1) is 15.0. The van der Waals surface area contributed by atoms with Gasteiger partial charge in [-0.25, -0.2) is 4.98 Å². The standard InChI is InChI=1S/C22H26ClN5O2S/c1-3-25(4-2)22-24-17-9-14-31-20(17)21(30)28(22)15-19(29)27-12-10-26(11-13-27)18-8-6-5-7-16(18)23/h5-9,14H,3-4,10-13,15H2,1-2H3. The number of aromatic nitrogens is 2. The van der Waals surface area contributed by atoms with Gasteiger partial charge in [-0.3, -0.25) is 14.2 Å². The molecule has 2 aromatic heterocycles. The Kier molecular flexibility index (Phi) is 6.48. The summed E-state index contributed by atoms with van der Waals surface area (Å²) in [6.07, 6.45) is 0. The maximum Gasteiger partial charge on any atom is 0.273 e. The predicted octanol–water partition coefficient (Wildman–Crippen LogP) is 3.31. The summed E-state index contributed by atoms with van der Waals surface area (Å²) in [6.45, 7) is 8.05. The van der Waals surface area contributed by atoms with Crippen LogP contribution in [-0.2, 0) is 11.3 Å². The number of hydrogen-bond acceptors (Lipinski definition) is 6. The minimum atomic E-state index is -0.148. The van der Waals surface area contributed by atoms with E-state index in [0.29, 0.717) is 60.5 Å². The van der Waals surface area contributed by atoms with E-state index in [1.165, 1.54) is 15.9 Å². The molecule has 0 bridgehead atoms. The molecule has 0 N–H and O–H groups in total. The van der Waals surface area contributed by atoms with E-state index in [2.05, 4.69) is 4.90 Å². The Hall–Kier alpha value is -2.58. The van der Waals surface area contributed by atoms with E-state index in [-0.39, 0.29) is 18.0 Å². The average molecular weight is 460 g/mol. The molecule has 164 valence electrons. The summed E-state index contributed by atoms with van der Waals surface area (Å²) in [5, 5.41) is 2.58. The van der Waals surface area contributed by atoms with Crippen LogP contribution in [0, 0.1) is 0 Å². The molecular weight excluding hydrogens is 434 g/mol. The minimum absolute atomic E-state index is 0.00238. The smallest absolute Gasteiger partial charge is 0.273 e. The van der Waals surface area contributed by atoms with Gasteiger partial charge in [0.1, 0.15) is 11.2 Å². The number of benzene rings is 1. The highest BCUT2D eigenvalue weighted by Crippen LogP contribution is 2.26. The van der Waals surface area contributed by atoms with Crippen molar-refractivity contribution in [2.75, 3.05) is 49.1 Å². The zero-order valence-corrected chi connectivity index (χ0v) is 19.3. The van der Waals surface area contributed by atoms with Crippen LogP contribution >= 0.6 is 22.9 Å². The van der Waals surface area contributed by atoms with E-state index in [0.717, 1.165) is 5.69 Å². The molecule has 0 radical (unpaired) electrons. The van der Waals surface area contributed by atoms with Crippen molar-refractivity contribution in [3.05, 3.63) is 51.1 Å². The lowest BCUT2D eigenvalue weighted by atomic mass is 10.2. The Labute approximate surface area is 190 Å². The molecule has 0 unspecified atom stereocenters. The van der Waals surface area contributed by atoms with Gasteiger partial charge in [0.2, 0.25) is 11.9 Å². The van der Waals surface area contributed by atoms with Crippen LogP contribution in [0.3, 0.4) is 0 Å². The Bertz CT molecular complexity index is 1130. The fraction of sp³-hybridized carbons (Fsp3) is 0.409. The Morgan fingerprint density at radius 2 is 1.84 bits per heavy atom. The molecule has 1 fully saturated rings. The van der Waals surface area contributed by atoms with Gasteiger partial charge in [0.05, 0.1) is 16.2 Å². The molecule has 0 aliphatic carbocycles. The van der Waals surface area contributed by atoms with Crippen LogP contribution in [0.25, 0.3) is 10.2 Å². The highest BCUT2D eigenvalue weighted by molar-refractivity contribution is 7.17. The molecule has 4 rings (SSSR count). The molecule has 0 atom stereocenters. The zero-order chi connectivity index (χ0) is 22.0. The number of nitrogens with zero attached hydrogens (tertiary/aromatic N) is 5. The molecule has 1 amide bonds. The maximum atomic E-state index is 13.2. The normalized spacial score (nSPS) is 14.3. The molecule has 3 heterocycles. The number of hydrogen-bond donors (Lipinski definition) is 0. The van der Waals surface area contributed by atoms with E-state index in [9.17, 15) is 9.59 Å². The second-order valence-corrected chi connectivity index (χ2v) is 8.75. The number of fused-ring (bicyclic) bond motifs is 1. The number of carbonyl (C=O) groups excluding carboxylic acids is 1. The lowest BCUT2D eigenvalue weighted by Gasteiger charge is -2.36. The topological polar surface area (TPSA) is 61.7 Å². The van der Waals surface area contributed by atoms with E-state index in [1.807, 2.05) is 59.4 Å². The van der Waals surface area contributed by atoms with Crippen LogP contribution < -0.4 is 15.4 Å². The summed E-state index contributed by atoms with van der Waals surface area (Å²) in [5.74, 6) is 0.496. The maximum absolute atomic E-state index is 13.2. The molecule has 1 aliphatic heterocycles. The second-order valence-electron chi connectivity index (χ2n) is 7.43. The Morgan fingerprint density at radius 1 is 1.13 bits per heavy atom. The quantitative estimate of drug-likeness (QED) is 0.566. The van der Waals surface area contributed by atoms with Crippen molar-refractivity contribution in [2.45, 2.75) is 20.4 Å². The summed E-state index contributed by atoms with van der Waals surface area (Å²) in [6, 6.07) is 9.61. The molecule has 1 aromatic carbocycles. The first-order valence-electron chi connectivity index (χ1n) is 10.5.